The van der Waals surface area contributed by atoms with Gasteiger partial charge in [0.1, 0.15) is 5.75 Å². The molecule has 0 aromatic heterocycles. The molecule has 0 fully saturated rings. The number of hydrogen-bond donors (Lipinski definition) is 1. The Hall–Kier alpha value is -3.55. The van der Waals surface area contributed by atoms with Crippen LogP contribution in [-0.4, -0.2) is 31.3 Å². The van der Waals surface area contributed by atoms with Crippen LogP contribution in [0.25, 0.3) is 0 Å². The van der Waals surface area contributed by atoms with E-state index >= 15 is 0 Å². The Kier molecular flexibility index (Phi) is 8.69. The smallest absolute Gasteiger partial charge is 0.343 e. The van der Waals surface area contributed by atoms with E-state index in [4.69, 9.17) is 37.4 Å². The maximum Gasteiger partial charge on any atom is 0.343 e. The number of hydrogen-bond acceptors (Lipinski definition) is 6. The van der Waals surface area contributed by atoms with E-state index in [0.29, 0.717) is 39.3 Å². The minimum Gasteiger partial charge on any atom is -0.490 e. The molecule has 0 saturated heterocycles. The Balaban J connectivity index is 1.58. The number of hydrazone groups is 1. The molecule has 0 saturated carbocycles. The number of esters is 1. The SMILES string of the molecule is CCOc1cc(C=NNC(=O)COc2ccc(Cl)cc2)ccc1OC(=O)c1ccc(Cl)cc1. The Labute approximate surface area is 200 Å². The van der Waals surface area contributed by atoms with Crippen molar-refractivity contribution in [1.29, 1.82) is 0 Å². The molecule has 33 heavy (non-hydrogen) atoms. The number of ether oxygens (including phenoxy) is 3. The molecule has 1 N–H and O–H groups in total. The van der Waals surface area contributed by atoms with Gasteiger partial charge >= 0.3 is 5.97 Å². The second-order valence-electron chi connectivity index (χ2n) is 6.57. The number of rotatable bonds is 9. The summed E-state index contributed by atoms with van der Waals surface area (Å²) in [5.74, 6) is 0.167. The van der Waals surface area contributed by atoms with Crippen LogP contribution in [0, 0.1) is 0 Å². The summed E-state index contributed by atoms with van der Waals surface area (Å²) in [6.45, 7) is 1.97. The second kappa shape index (κ2) is 11.9. The lowest BCUT2D eigenvalue weighted by Gasteiger charge is -2.11. The van der Waals surface area contributed by atoms with Gasteiger partial charge < -0.3 is 14.2 Å². The number of amides is 1. The van der Waals surface area contributed by atoms with Crippen LogP contribution >= 0.6 is 23.2 Å². The van der Waals surface area contributed by atoms with Gasteiger partial charge in [-0.1, -0.05) is 23.2 Å². The number of carbonyl (C=O) groups is 2. The van der Waals surface area contributed by atoms with Gasteiger partial charge in [0.25, 0.3) is 5.91 Å². The summed E-state index contributed by atoms with van der Waals surface area (Å²) in [6, 6.07) is 17.9. The lowest BCUT2D eigenvalue weighted by Crippen LogP contribution is -2.24. The van der Waals surface area contributed by atoms with Crippen molar-refractivity contribution in [2.24, 2.45) is 5.10 Å². The summed E-state index contributed by atoms with van der Waals surface area (Å²) in [7, 11) is 0. The zero-order valence-electron chi connectivity index (χ0n) is 17.6. The van der Waals surface area contributed by atoms with Gasteiger partial charge in [-0.3, -0.25) is 4.79 Å². The summed E-state index contributed by atoms with van der Waals surface area (Å²) in [5.41, 5.74) is 3.37. The van der Waals surface area contributed by atoms with Gasteiger partial charge in [0.15, 0.2) is 18.1 Å². The van der Waals surface area contributed by atoms with Crippen molar-refractivity contribution in [1.82, 2.24) is 5.43 Å². The van der Waals surface area contributed by atoms with Crippen LogP contribution in [0.5, 0.6) is 17.2 Å². The molecule has 1 amide bonds. The fourth-order valence-electron chi connectivity index (χ4n) is 2.59. The van der Waals surface area contributed by atoms with E-state index in [-0.39, 0.29) is 12.4 Å². The molecular formula is C24H20Cl2N2O5. The molecule has 3 aromatic carbocycles. The minimum atomic E-state index is -0.540. The zero-order chi connectivity index (χ0) is 23.6. The molecule has 0 aliphatic rings. The molecule has 3 aromatic rings. The van der Waals surface area contributed by atoms with Crippen molar-refractivity contribution < 1.29 is 23.8 Å². The maximum absolute atomic E-state index is 12.4. The van der Waals surface area contributed by atoms with Crippen LogP contribution in [0.3, 0.4) is 0 Å². The highest BCUT2D eigenvalue weighted by Gasteiger charge is 2.13. The van der Waals surface area contributed by atoms with Gasteiger partial charge in [0.05, 0.1) is 18.4 Å². The zero-order valence-corrected chi connectivity index (χ0v) is 19.1. The lowest BCUT2D eigenvalue weighted by molar-refractivity contribution is -0.123. The topological polar surface area (TPSA) is 86.2 Å². The number of nitrogens with zero attached hydrogens (tertiary/aromatic N) is 1. The lowest BCUT2D eigenvalue weighted by atomic mass is 10.2. The molecule has 0 aliphatic carbocycles. The summed E-state index contributed by atoms with van der Waals surface area (Å²) >= 11 is 11.7. The first kappa shape index (κ1) is 24.1. The van der Waals surface area contributed by atoms with E-state index < -0.39 is 11.9 Å². The van der Waals surface area contributed by atoms with Gasteiger partial charge in [-0.15, -0.1) is 0 Å². The van der Waals surface area contributed by atoms with Crippen molar-refractivity contribution in [3.8, 4) is 17.2 Å². The van der Waals surface area contributed by atoms with Crippen molar-refractivity contribution in [3.63, 3.8) is 0 Å². The summed E-state index contributed by atoms with van der Waals surface area (Å²) < 4.78 is 16.4. The number of benzene rings is 3. The van der Waals surface area contributed by atoms with E-state index in [9.17, 15) is 9.59 Å². The van der Waals surface area contributed by atoms with Gasteiger partial charge in [0, 0.05) is 10.0 Å². The standard InChI is InChI=1S/C24H20Cl2N2O5/c1-2-31-22-13-16(3-12-21(22)33-24(30)17-4-6-18(25)7-5-17)14-27-28-23(29)15-32-20-10-8-19(26)9-11-20/h3-14H,2,15H2,1H3,(H,28,29). The van der Waals surface area contributed by atoms with E-state index in [0.717, 1.165) is 0 Å². The Morgan fingerprint density at radius 1 is 0.909 bits per heavy atom. The first-order valence-electron chi connectivity index (χ1n) is 9.89. The van der Waals surface area contributed by atoms with Crippen LogP contribution in [0.1, 0.15) is 22.8 Å². The molecule has 9 heteroatoms. The number of nitrogens with one attached hydrogen (secondary N) is 1. The molecule has 7 nitrogen and oxygen atoms in total. The van der Waals surface area contributed by atoms with Crippen LogP contribution in [0.2, 0.25) is 10.0 Å². The average molecular weight is 487 g/mol. The molecular weight excluding hydrogens is 467 g/mol. The monoisotopic (exact) mass is 486 g/mol. The van der Waals surface area contributed by atoms with Crippen LogP contribution in [0.15, 0.2) is 71.8 Å². The average Bonchev–Trinajstić information content (AvgIpc) is 2.81. The predicted octanol–water partition coefficient (Wildman–Crippen LogP) is 5.14. The Morgan fingerprint density at radius 3 is 2.24 bits per heavy atom. The first-order valence-corrected chi connectivity index (χ1v) is 10.6. The van der Waals surface area contributed by atoms with Crippen molar-refractivity contribution in [2.75, 3.05) is 13.2 Å². The highest BCUT2D eigenvalue weighted by atomic mass is 35.5. The fraction of sp³-hybridized carbons (Fsp3) is 0.125. The number of carbonyl (C=O) groups excluding carboxylic acids is 2. The van der Waals surface area contributed by atoms with Crippen LogP contribution in [0.4, 0.5) is 0 Å². The summed E-state index contributed by atoms with van der Waals surface area (Å²) in [5, 5.41) is 5.01. The maximum atomic E-state index is 12.4. The highest BCUT2D eigenvalue weighted by molar-refractivity contribution is 6.30. The molecule has 0 bridgehead atoms. The van der Waals surface area contributed by atoms with Gasteiger partial charge in [-0.25, -0.2) is 10.2 Å². The van der Waals surface area contributed by atoms with E-state index in [1.54, 1.807) is 66.7 Å². The van der Waals surface area contributed by atoms with Crippen molar-refractivity contribution in [3.05, 3.63) is 87.9 Å². The van der Waals surface area contributed by atoms with Gasteiger partial charge in [-0.2, -0.15) is 5.10 Å². The molecule has 0 spiro atoms. The van der Waals surface area contributed by atoms with E-state index in [2.05, 4.69) is 10.5 Å². The first-order chi connectivity index (χ1) is 15.9. The van der Waals surface area contributed by atoms with Gasteiger partial charge in [-0.05, 0) is 79.2 Å². The van der Waals surface area contributed by atoms with Crippen LogP contribution in [-0.2, 0) is 4.79 Å². The second-order valence-corrected chi connectivity index (χ2v) is 7.44. The molecule has 170 valence electrons. The highest BCUT2D eigenvalue weighted by Crippen LogP contribution is 2.29. The van der Waals surface area contributed by atoms with Crippen LogP contribution < -0.4 is 19.6 Å². The molecule has 3 rings (SSSR count). The molecule has 0 atom stereocenters. The van der Waals surface area contributed by atoms with E-state index in [1.165, 1.54) is 6.21 Å². The predicted molar refractivity (Wildman–Crippen MR) is 127 cm³/mol. The van der Waals surface area contributed by atoms with E-state index in [1.807, 2.05) is 6.92 Å². The fourth-order valence-corrected chi connectivity index (χ4v) is 2.85. The third kappa shape index (κ3) is 7.52. The third-order valence-electron chi connectivity index (χ3n) is 4.14. The number of halogens is 2. The molecule has 0 aliphatic heterocycles. The summed E-state index contributed by atoms with van der Waals surface area (Å²) in [4.78, 5) is 24.3. The largest absolute Gasteiger partial charge is 0.490 e. The van der Waals surface area contributed by atoms with Crippen molar-refractivity contribution >= 4 is 41.3 Å². The quantitative estimate of drug-likeness (QED) is 0.196. The van der Waals surface area contributed by atoms with Crippen molar-refractivity contribution in [2.45, 2.75) is 6.92 Å². The minimum absolute atomic E-state index is 0.206. The molecule has 0 heterocycles. The van der Waals surface area contributed by atoms with Gasteiger partial charge in [0.2, 0.25) is 0 Å². The molecule has 0 unspecified atom stereocenters. The normalized spacial score (nSPS) is 10.6. The summed E-state index contributed by atoms with van der Waals surface area (Å²) in [6.07, 6.45) is 1.44. The molecule has 0 radical (unpaired) electrons. The third-order valence-corrected chi connectivity index (χ3v) is 4.64. The Morgan fingerprint density at radius 2 is 1.58 bits per heavy atom. The Bertz CT molecular complexity index is 1130.